The fraction of sp³-hybridized carbons (Fsp3) is 0.0625. The second kappa shape index (κ2) is 8.26. The van der Waals surface area contributed by atoms with Crippen LogP contribution in [0, 0.1) is 11.3 Å². The molecule has 0 unspecified atom stereocenters. The van der Waals surface area contributed by atoms with E-state index in [-0.39, 0.29) is 10.8 Å². The van der Waals surface area contributed by atoms with Crippen LogP contribution < -0.4 is 10.1 Å². The molecule has 3 aromatic rings. The number of hydrogen-bond acceptors (Lipinski definition) is 10. The van der Waals surface area contributed by atoms with Gasteiger partial charge in [-0.15, -0.1) is 11.3 Å². The summed E-state index contributed by atoms with van der Waals surface area (Å²) >= 11 is 2.21. The van der Waals surface area contributed by atoms with Gasteiger partial charge in [0.2, 0.25) is 26.6 Å². The van der Waals surface area contributed by atoms with Gasteiger partial charge >= 0.3 is 0 Å². The van der Waals surface area contributed by atoms with Crippen LogP contribution in [0.25, 0.3) is 11.4 Å². The normalized spacial score (nSPS) is 11.6. The molecule has 1 aromatic carbocycles. The molecule has 0 atom stereocenters. The minimum atomic E-state index is -3.40. The smallest absolute Gasteiger partial charge is 0.233 e. The molecule has 28 heavy (non-hydrogen) atoms. The Hall–Kier alpha value is -3.14. The van der Waals surface area contributed by atoms with Crippen molar-refractivity contribution in [2.45, 2.75) is 0 Å². The van der Waals surface area contributed by atoms with Gasteiger partial charge < -0.3 is 0 Å². The number of ketones is 1. The predicted octanol–water partition coefficient (Wildman–Crippen LogP) is 2.81. The van der Waals surface area contributed by atoms with E-state index in [2.05, 4.69) is 24.6 Å². The number of carbonyl (C=O) groups excluding carboxylic acids is 1. The van der Waals surface area contributed by atoms with Crippen LogP contribution in [-0.2, 0) is 10.0 Å². The zero-order chi connectivity index (χ0) is 20.1. The highest BCUT2D eigenvalue weighted by Gasteiger charge is 2.15. The quantitative estimate of drug-likeness (QED) is 0.333. The number of aromatic nitrogens is 2. The molecule has 0 aliphatic heterocycles. The van der Waals surface area contributed by atoms with Crippen molar-refractivity contribution < 1.29 is 13.2 Å². The highest BCUT2D eigenvalue weighted by Crippen LogP contribution is 2.24. The van der Waals surface area contributed by atoms with Crippen molar-refractivity contribution in [2.75, 3.05) is 16.4 Å². The molecule has 0 aliphatic carbocycles. The summed E-state index contributed by atoms with van der Waals surface area (Å²) in [5.41, 5.74) is 3.25. The Labute approximate surface area is 168 Å². The number of nitriles is 1. The summed E-state index contributed by atoms with van der Waals surface area (Å²) in [6.07, 6.45) is 1.06. The van der Waals surface area contributed by atoms with Gasteiger partial charge in [-0.2, -0.15) is 19.7 Å². The molecule has 0 saturated heterocycles. The predicted molar refractivity (Wildman–Crippen MR) is 109 cm³/mol. The molecule has 0 amide bonds. The lowest BCUT2D eigenvalue weighted by Crippen LogP contribution is -2.12. The minimum absolute atomic E-state index is 0.281. The molecule has 9 nitrogen and oxygen atoms in total. The Morgan fingerprint density at radius 1 is 1.29 bits per heavy atom. The Morgan fingerprint density at radius 3 is 2.79 bits per heavy atom. The topological polar surface area (TPSA) is 137 Å². The zero-order valence-electron chi connectivity index (χ0n) is 14.3. The van der Waals surface area contributed by atoms with E-state index in [1.165, 1.54) is 11.3 Å². The van der Waals surface area contributed by atoms with Gasteiger partial charge in [0.25, 0.3) is 0 Å². The van der Waals surface area contributed by atoms with Crippen molar-refractivity contribution in [3.05, 3.63) is 46.7 Å². The van der Waals surface area contributed by atoms with Gasteiger partial charge in [0.1, 0.15) is 6.07 Å². The highest BCUT2D eigenvalue weighted by molar-refractivity contribution is 7.92. The van der Waals surface area contributed by atoms with E-state index in [1.807, 2.05) is 0 Å². The summed E-state index contributed by atoms with van der Waals surface area (Å²) in [5, 5.41) is 15.0. The Balaban J connectivity index is 1.76. The van der Waals surface area contributed by atoms with Crippen LogP contribution in [0.2, 0.25) is 0 Å². The molecular weight excluding hydrogens is 420 g/mol. The molecular formula is C16H12N6O3S3. The molecule has 0 spiro atoms. The van der Waals surface area contributed by atoms with Gasteiger partial charge in [0.05, 0.1) is 11.1 Å². The fourth-order valence-electron chi connectivity index (χ4n) is 2.08. The van der Waals surface area contributed by atoms with Gasteiger partial charge in [-0.05, 0) is 23.6 Å². The third-order valence-corrected chi connectivity index (χ3v) is 5.27. The lowest BCUT2D eigenvalue weighted by molar-refractivity contribution is 0.107. The largest absolute Gasteiger partial charge is 0.285 e. The summed E-state index contributed by atoms with van der Waals surface area (Å²) in [7, 11) is -3.40. The van der Waals surface area contributed by atoms with E-state index < -0.39 is 15.8 Å². The first-order valence-electron chi connectivity index (χ1n) is 7.59. The molecule has 12 heteroatoms. The molecule has 3 rings (SSSR count). The standard InChI is InChI=1S/C16H12N6O3S3/c1-28(24,25)22-11-5-2-4-10(8-11)15-18-16(27-21-15)20-19-12(9-17)14(23)13-6-3-7-26-13/h2-8,22H,1H3,(H,18,20,21)/b19-12+. The lowest BCUT2D eigenvalue weighted by Gasteiger charge is -2.04. The average molecular weight is 433 g/mol. The number of hydrazone groups is 1. The van der Waals surface area contributed by atoms with Crippen LogP contribution in [0.4, 0.5) is 10.8 Å². The van der Waals surface area contributed by atoms with E-state index in [1.54, 1.807) is 47.8 Å². The van der Waals surface area contributed by atoms with Crippen molar-refractivity contribution in [2.24, 2.45) is 5.10 Å². The van der Waals surface area contributed by atoms with E-state index >= 15 is 0 Å². The molecule has 0 fully saturated rings. The molecule has 0 radical (unpaired) electrons. The van der Waals surface area contributed by atoms with Crippen LogP contribution >= 0.6 is 22.9 Å². The number of benzene rings is 1. The van der Waals surface area contributed by atoms with E-state index in [0.717, 1.165) is 17.8 Å². The molecule has 0 saturated carbocycles. The van der Waals surface area contributed by atoms with Gasteiger partial charge in [-0.3, -0.25) is 9.52 Å². The summed E-state index contributed by atoms with van der Waals surface area (Å²) in [6, 6.07) is 11.7. The van der Waals surface area contributed by atoms with Gasteiger partial charge in [-0.1, -0.05) is 18.2 Å². The zero-order valence-corrected chi connectivity index (χ0v) is 16.7. The lowest BCUT2D eigenvalue weighted by atomic mass is 10.2. The van der Waals surface area contributed by atoms with Crippen LogP contribution in [-0.4, -0.2) is 35.5 Å². The number of sulfonamides is 1. The third-order valence-electron chi connectivity index (χ3n) is 3.18. The Morgan fingerprint density at radius 2 is 2.11 bits per heavy atom. The number of Topliss-reactive ketones (excluding diaryl/α,β-unsaturated/α-hetero) is 1. The summed E-state index contributed by atoms with van der Waals surface area (Å²) in [5.74, 6) is -0.128. The van der Waals surface area contributed by atoms with Gasteiger partial charge in [0, 0.05) is 22.8 Å². The maximum Gasteiger partial charge on any atom is 0.233 e. The van der Waals surface area contributed by atoms with Crippen molar-refractivity contribution >= 4 is 55.2 Å². The van der Waals surface area contributed by atoms with Crippen LogP contribution in [0.5, 0.6) is 0 Å². The number of hydrogen-bond donors (Lipinski definition) is 2. The number of thiophene rings is 1. The van der Waals surface area contributed by atoms with Gasteiger partial charge in [0.15, 0.2) is 5.82 Å². The summed E-state index contributed by atoms with van der Waals surface area (Å²) < 4.78 is 29.3. The summed E-state index contributed by atoms with van der Waals surface area (Å²) in [4.78, 5) is 16.8. The fourth-order valence-corrected chi connectivity index (χ4v) is 3.83. The van der Waals surface area contributed by atoms with E-state index in [9.17, 15) is 13.2 Å². The first-order chi connectivity index (χ1) is 13.4. The van der Waals surface area contributed by atoms with E-state index in [0.29, 0.717) is 22.0 Å². The number of anilines is 2. The number of carbonyl (C=O) groups is 1. The van der Waals surface area contributed by atoms with Gasteiger partial charge in [-0.25, -0.2) is 13.8 Å². The second-order valence-electron chi connectivity index (χ2n) is 5.37. The monoisotopic (exact) mass is 432 g/mol. The SMILES string of the molecule is CS(=O)(=O)Nc1cccc(-c2nsc(N/N=C(\C#N)C(=O)c3cccs3)n2)c1. The molecule has 2 heterocycles. The van der Waals surface area contributed by atoms with Crippen molar-refractivity contribution in [1.82, 2.24) is 9.36 Å². The second-order valence-corrected chi connectivity index (χ2v) is 8.82. The first-order valence-corrected chi connectivity index (χ1v) is 11.1. The first kappa shape index (κ1) is 19.6. The third kappa shape index (κ3) is 4.97. The van der Waals surface area contributed by atoms with Crippen LogP contribution in [0.3, 0.4) is 0 Å². The highest BCUT2D eigenvalue weighted by atomic mass is 32.2. The molecule has 0 aliphatic rings. The van der Waals surface area contributed by atoms with Crippen LogP contribution in [0.1, 0.15) is 9.67 Å². The number of nitrogens with one attached hydrogen (secondary N) is 2. The van der Waals surface area contributed by atoms with Crippen molar-refractivity contribution in [1.29, 1.82) is 5.26 Å². The van der Waals surface area contributed by atoms with E-state index in [4.69, 9.17) is 5.26 Å². The Kier molecular flexibility index (Phi) is 5.78. The minimum Gasteiger partial charge on any atom is -0.285 e. The van der Waals surface area contributed by atoms with Crippen molar-refractivity contribution in [3.63, 3.8) is 0 Å². The molecule has 2 aromatic heterocycles. The maximum absolute atomic E-state index is 12.2. The molecule has 0 bridgehead atoms. The number of rotatable bonds is 7. The van der Waals surface area contributed by atoms with Crippen molar-refractivity contribution in [3.8, 4) is 17.5 Å². The maximum atomic E-state index is 12.2. The molecule has 142 valence electrons. The molecule has 2 N–H and O–H groups in total. The Bertz CT molecular complexity index is 1180. The number of nitrogens with zero attached hydrogens (tertiary/aromatic N) is 4. The summed E-state index contributed by atoms with van der Waals surface area (Å²) in [6.45, 7) is 0. The van der Waals surface area contributed by atoms with Crippen LogP contribution in [0.15, 0.2) is 46.9 Å². The average Bonchev–Trinajstić information content (AvgIpc) is 3.33.